The maximum atomic E-state index is 12.2. The Morgan fingerprint density at radius 1 is 1.07 bits per heavy atom. The van der Waals surface area contributed by atoms with Crippen LogP contribution in [0.3, 0.4) is 0 Å². The van der Waals surface area contributed by atoms with Gasteiger partial charge in [0, 0.05) is 31.7 Å². The highest BCUT2D eigenvalue weighted by atomic mass is 16.1. The number of carbonyl (C=O) groups is 1. The van der Waals surface area contributed by atoms with Gasteiger partial charge < -0.3 is 11.5 Å². The molecule has 0 aromatic rings. The van der Waals surface area contributed by atoms with E-state index in [2.05, 4.69) is 27.8 Å². The van der Waals surface area contributed by atoms with Crippen LogP contribution in [0.1, 0.15) is 71.1 Å². The van der Waals surface area contributed by atoms with Crippen LogP contribution in [0.5, 0.6) is 0 Å². The number of piperidine rings is 1. The summed E-state index contributed by atoms with van der Waals surface area (Å²) < 4.78 is 0. The fourth-order valence-electron chi connectivity index (χ4n) is 6.71. The van der Waals surface area contributed by atoms with Gasteiger partial charge in [0.2, 0.25) is 5.91 Å². The van der Waals surface area contributed by atoms with Gasteiger partial charge in [-0.15, -0.1) is 0 Å². The minimum absolute atomic E-state index is 0.0576. The van der Waals surface area contributed by atoms with Gasteiger partial charge in [0.1, 0.15) is 6.29 Å². The maximum absolute atomic E-state index is 12.2. The van der Waals surface area contributed by atoms with Crippen LogP contribution >= 0.6 is 0 Å². The van der Waals surface area contributed by atoms with E-state index >= 15 is 0 Å². The Balaban J connectivity index is 1.37. The lowest BCUT2D eigenvalue weighted by atomic mass is 9.68. The Kier molecular flexibility index (Phi) is 7.68. The molecule has 2 aliphatic heterocycles. The lowest BCUT2D eigenvalue weighted by molar-refractivity contribution is -0.124. The highest BCUT2D eigenvalue weighted by Crippen LogP contribution is 2.41. The number of hydrogen-bond donors (Lipinski definition) is 5. The third-order valence-corrected chi connectivity index (χ3v) is 8.40. The number of nitrogens with two attached hydrogens (primary N) is 2. The van der Waals surface area contributed by atoms with E-state index in [0.717, 1.165) is 43.7 Å². The number of amides is 1. The summed E-state index contributed by atoms with van der Waals surface area (Å²) >= 11 is 0. The van der Waals surface area contributed by atoms with E-state index in [4.69, 9.17) is 11.5 Å². The van der Waals surface area contributed by atoms with Crippen molar-refractivity contribution in [3.8, 4) is 0 Å². The van der Waals surface area contributed by atoms with Crippen LogP contribution in [0.2, 0.25) is 0 Å². The molecular weight excluding hydrogens is 376 g/mol. The van der Waals surface area contributed by atoms with Crippen molar-refractivity contribution in [1.29, 1.82) is 0 Å². The third kappa shape index (κ3) is 5.36. The maximum Gasteiger partial charge on any atom is 0.224 e. The van der Waals surface area contributed by atoms with Crippen LogP contribution in [-0.4, -0.2) is 55.0 Å². The molecule has 1 amide bonds. The predicted molar refractivity (Wildman–Crippen MR) is 120 cm³/mol. The first-order valence-corrected chi connectivity index (χ1v) is 12.6. The van der Waals surface area contributed by atoms with Gasteiger partial charge in [-0.2, -0.15) is 0 Å². The van der Waals surface area contributed by atoms with E-state index in [1.165, 1.54) is 51.4 Å². The van der Waals surface area contributed by atoms with Crippen molar-refractivity contribution in [2.24, 2.45) is 35.1 Å². The summed E-state index contributed by atoms with van der Waals surface area (Å²) in [5, 5.41) is 11.0. The van der Waals surface area contributed by atoms with Gasteiger partial charge in [0.15, 0.2) is 0 Å². The summed E-state index contributed by atoms with van der Waals surface area (Å²) in [5.41, 5.74) is 12.0. The molecular formula is C23H44N6O. The Bertz CT molecular complexity index is 574. The van der Waals surface area contributed by atoms with Crippen molar-refractivity contribution in [2.75, 3.05) is 19.6 Å². The monoisotopic (exact) mass is 420 g/mol. The number of rotatable bonds is 5. The first-order valence-electron chi connectivity index (χ1n) is 12.6. The summed E-state index contributed by atoms with van der Waals surface area (Å²) in [5.74, 6) is 2.13. The summed E-state index contributed by atoms with van der Waals surface area (Å²) in [7, 11) is 0. The standard InChI is InChI=1S/C23H44N6O/c1-15-6-2-3-10-19(15)16-7-4-9-18(12-16)27-22-20(21(25)30)13-26-23(28-22)29-11-5-8-17(24)14-29/h15-20,22-23,26-28H,2-14,24H2,1H3,(H2,25,30)/t15?,16?,17-,18?,19?,20?,22?,23?/m0/s1. The fraction of sp³-hybridized carbons (Fsp3) is 0.957. The average molecular weight is 421 g/mol. The van der Waals surface area contributed by atoms with E-state index in [1.54, 1.807) is 0 Å². The summed E-state index contributed by atoms with van der Waals surface area (Å²) in [6, 6.07) is 0.707. The highest BCUT2D eigenvalue weighted by Gasteiger charge is 2.39. The quantitative estimate of drug-likeness (QED) is 0.459. The molecule has 7 N–H and O–H groups in total. The van der Waals surface area contributed by atoms with Crippen molar-refractivity contribution in [3.05, 3.63) is 0 Å². The number of primary amides is 1. The van der Waals surface area contributed by atoms with Crippen molar-refractivity contribution < 1.29 is 4.79 Å². The number of carbonyl (C=O) groups excluding carboxylic acids is 1. The number of hydrogen-bond acceptors (Lipinski definition) is 6. The minimum Gasteiger partial charge on any atom is -0.369 e. The molecule has 2 heterocycles. The van der Waals surface area contributed by atoms with Crippen molar-refractivity contribution in [2.45, 2.75) is 95.7 Å². The third-order valence-electron chi connectivity index (χ3n) is 8.40. The first-order chi connectivity index (χ1) is 14.5. The van der Waals surface area contributed by atoms with Crippen LogP contribution in [0, 0.1) is 23.7 Å². The molecule has 7 unspecified atom stereocenters. The summed E-state index contributed by atoms with van der Waals surface area (Å²) in [6.07, 6.45) is 12.9. The average Bonchev–Trinajstić information content (AvgIpc) is 2.74. The molecule has 4 rings (SSSR count). The molecule has 2 saturated carbocycles. The Hall–Kier alpha value is -0.730. The van der Waals surface area contributed by atoms with E-state index < -0.39 is 0 Å². The second-order valence-corrected chi connectivity index (χ2v) is 10.6. The largest absolute Gasteiger partial charge is 0.369 e. The molecule has 0 aromatic heterocycles. The normalized spacial score (nSPS) is 43.9. The lowest BCUT2D eigenvalue weighted by Gasteiger charge is -2.46. The van der Waals surface area contributed by atoms with E-state index in [9.17, 15) is 4.79 Å². The van der Waals surface area contributed by atoms with Gasteiger partial charge in [0.05, 0.1) is 12.1 Å². The Morgan fingerprint density at radius 3 is 2.67 bits per heavy atom. The predicted octanol–water partition coefficient (Wildman–Crippen LogP) is 1.29. The van der Waals surface area contributed by atoms with Crippen molar-refractivity contribution in [3.63, 3.8) is 0 Å². The van der Waals surface area contributed by atoms with Gasteiger partial charge in [-0.05, 0) is 49.9 Å². The van der Waals surface area contributed by atoms with Crippen LogP contribution in [0.15, 0.2) is 0 Å². The molecule has 7 nitrogen and oxygen atoms in total. The molecule has 4 fully saturated rings. The minimum atomic E-state index is -0.228. The number of nitrogens with one attached hydrogen (secondary N) is 3. The van der Waals surface area contributed by atoms with Gasteiger partial charge in [-0.25, -0.2) is 0 Å². The van der Waals surface area contributed by atoms with Crippen LogP contribution in [-0.2, 0) is 4.79 Å². The Labute approximate surface area is 182 Å². The highest BCUT2D eigenvalue weighted by molar-refractivity contribution is 5.77. The molecule has 2 aliphatic carbocycles. The van der Waals surface area contributed by atoms with Crippen LogP contribution in [0.25, 0.3) is 0 Å². The number of nitrogens with zero attached hydrogens (tertiary/aromatic N) is 1. The molecule has 8 atom stereocenters. The van der Waals surface area contributed by atoms with E-state index in [-0.39, 0.29) is 30.3 Å². The first kappa shape index (κ1) is 22.5. The van der Waals surface area contributed by atoms with Gasteiger partial charge in [-0.3, -0.25) is 25.6 Å². The van der Waals surface area contributed by atoms with E-state index in [0.29, 0.717) is 12.6 Å². The van der Waals surface area contributed by atoms with Crippen LogP contribution in [0.4, 0.5) is 0 Å². The second kappa shape index (κ2) is 10.3. The smallest absolute Gasteiger partial charge is 0.224 e. The van der Waals surface area contributed by atoms with E-state index in [1.807, 2.05) is 0 Å². The topological polar surface area (TPSA) is 108 Å². The summed E-state index contributed by atoms with van der Waals surface area (Å²) in [6.45, 7) is 5.01. The molecule has 2 saturated heterocycles. The van der Waals surface area contributed by atoms with Crippen molar-refractivity contribution in [1.82, 2.24) is 20.9 Å². The molecule has 0 bridgehead atoms. The molecule has 0 radical (unpaired) electrons. The molecule has 172 valence electrons. The summed E-state index contributed by atoms with van der Waals surface area (Å²) in [4.78, 5) is 14.5. The molecule has 7 heteroatoms. The zero-order valence-corrected chi connectivity index (χ0v) is 18.8. The van der Waals surface area contributed by atoms with Gasteiger partial charge >= 0.3 is 0 Å². The zero-order valence-electron chi connectivity index (χ0n) is 18.8. The molecule has 4 aliphatic rings. The second-order valence-electron chi connectivity index (χ2n) is 10.6. The molecule has 0 aromatic carbocycles. The SMILES string of the molecule is CC1CCCCC1C1CCCC(NC2NC(N3CCC[C@H](N)C3)NCC2C(N)=O)C1. The van der Waals surface area contributed by atoms with Gasteiger partial charge in [0.25, 0.3) is 0 Å². The van der Waals surface area contributed by atoms with Gasteiger partial charge in [-0.1, -0.05) is 39.0 Å². The molecule has 0 spiro atoms. The lowest BCUT2D eigenvalue weighted by Crippen LogP contribution is -2.72. The zero-order chi connectivity index (χ0) is 21.1. The number of likely N-dealkylation sites (tertiary alicyclic amines) is 1. The van der Waals surface area contributed by atoms with Crippen molar-refractivity contribution >= 4 is 5.91 Å². The fourth-order valence-corrected chi connectivity index (χ4v) is 6.71. The van der Waals surface area contributed by atoms with Crippen LogP contribution < -0.4 is 27.4 Å². The Morgan fingerprint density at radius 2 is 1.90 bits per heavy atom. The molecule has 30 heavy (non-hydrogen) atoms.